The quantitative estimate of drug-likeness (QED) is 0.522. The molecule has 0 spiro atoms. The monoisotopic (exact) mass is 407 g/mol. The van der Waals surface area contributed by atoms with Crippen molar-refractivity contribution in [3.05, 3.63) is 48.0 Å². The summed E-state index contributed by atoms with van der Waals surface area (Å²) in [7, 11) is -3.05. The Kier molecular flexibility index (Phi) is 6.72. The first kappa shape index (κ1) is 21.5. The van der Waals surface area contributed by atoms with E-state index in [2.05, 4.69) is 0 Å². The van der Waals surface area contributed by atoms with Crippen LogP contribution in [0.2, 0.25) is 0 Å². The Labute approximate surface area is 155 Å². The molecule has 6 nitrogen and oxygen atoms in total. The number of hydrogen-bond donors (Lipinski definition) is 0. The van der Waals surface area contributed by atoms with Crippen LogP contribution in [0.3, 0.4) is 0 Å². The van der Waals surface area contributed by atoms with Gasteiger partial charge in [0.05, 0.1) is 0 Å². The summed E-state index contributed by atoms with van der Waals surface area (Å²) < 4.78 is 70.1. The molecule has 0 N–H and O–H groups in total. The van der Waals surface area contributed by atoms with Gasteiger partial charge in [-0.25, -0.2) is 4.79 Å². The Morgan fingerprint density at radius 2 is 1.81 bits per heavy atom. The van der Waals surface area contributed by atoms with E-state index in [1.807, 2.05) is 0 Å². The standard InChI is InChI=1S/C17H21F3NO5P/c1-24-27(23,25-2)16(17(18,19)20)11-7-4-8-12-21(16)15(22)26-13-14-9-5-3-6-10-14/h3-6,8-10H,7,11-13H2,1-2H3. The van der Waals surface area contributed by atoms with Crippen LogP contribution in [0.25, 0.3) is 0 Å². The summed E-state index contributed by atoms with van der Waals surface area (Å²) in [5.74, 6) is 0. The largest absolute Gasteiger partial charge is 0.445 e. The van der Waals surface area contributed by atoms with Gasteiger partial charge in [-0.1, -0.05) is 42.5 Å². The minimum atomic E-state index is -5.08. The van der Waals surface area contributed by atoms with E-state index in [1.165, 1.54) is 12.2 Å². The summed E-state index contributed by atoms with van der Waals surface area (Å²) in [6, 6.07) is 8.51. The van der Waals surface area contributed by atoms with E-state index in [0.29, 0.717) is 10.5 Å². The third-order valence-electron chi connectivity index (χ3n) is 4.37. The molecule has 1 aliphatic heterocycles. The van der Waals surface area contributed by atoms with Crippen LogP contribution in [-0.4, -0.2) is 43.2 Å². The Morgan fingerprint density at radius 3 is 2.37 bits per heavy atom. The SMILES string of the molecule is COP(=O)(OC)C1(C(F)(F)F)CCC=CCN1C(=O)OCc1ccccc1. The topological polar surface area (TPSA) is 65.1 Å². The van der Waals surface area contributed by atoms with Gasteiger partial charge >= 0.3 is 19.9 Å². The number of carbonyl (C=O) groups excluding carboxylic acids is 1. The van der Waals surface area contributed by atoms with Gasteiger partial charge in [-0.05, 0) is 18.4 Å². The molecule has 0 saturated carbocycles. The summed E-state index contributed by atoms with van der Waals surface area (Å²) in [5.41, 5.74) is 0.607. The van der Waals surface area contributed by atoms with Crippen molar-refractivity contribution in [2.24, 2.45) is 0 Å². The molecule has 1 aromatic carbocycles. The first-order valence-corrected chi connectivity index (χ1v) is 9.68. The van der Waals surface area contributed by atoms with Crippen molar-refractivity contribution in [1.82, 2.24) is 4.90 Å². The average molecular weight is 407 g/mol. The molecule has 150 valence electrons. The maximum atomic E-state index is 14.2. The maximum absolute atomic E-state index is 14.2. The lowest BCUT2D eigenvalue weighted by molar-refractivity contribution is -0.202. The first-order valence-electron chi connectivity index (χ1n) is 8.13. The molecule has 0 aromatic heterocycles. The summed E-state index contributed by atoms with van der Waals surface area (Å²) in [6.45, 7) is -0.665. The molecule has 0 fully saturated rings. The highest BCUT2D eigenvalue weighted by Crippen LogP contribution is 2.68. The predicted molar refractivity (Wildman–Crippen MR) is 92.1 cm³/mol. The third kappa shape index (κ3) is 4.05. The molecule has 2 rings (SSSR count). The van der Waals surface area contributed by atoms with Crippen molar-refractivity contribution in [2.45, 2.75) is 30.9 Å². The van der Waals surface area contributed by atoms with Crippen molar-refractivity contribution in [2.75, 3.05) is 20.8 Å². The molecule has 1 unspecified atom stereocenters. The van der Waals surface area contributed by atoms with E-state index < -0.39 is 38.1 Å². The van der Waals surface area contributed by atoms with Gasteiger partial charge in [0, 0.05) is 20.8 Å². The Morgan fingerprint density at radius 1 is 1.19 bits per heavy atom. The number of rotatable bonds is 5. The van der Waals surface area contributed by atoms with Gasteiger partial charge in [0.15, 0.2) is 0 Å². The van der Waals surface area contributed by atoms with Crippen molar-refractivity contribution in [3.63, 3.8) is 0 Å². The van der Waals surface area contributed by atoms with Crippen molar-refractivity contribution in [3.8, 4) is 0 Å². The van der Waals surface area contributed by atoms with E-state index in [0.717, 1.165) is 14.2 Å². The van der Waals surface area contributed by atoms with Gasteiger partial charge in [0.1, 0.15) is 6.61 Å². The van der Waals surface area contributed by atoms with Gasteiger partial charge in [-0.15, -0.1) is 0 Å². The number of alkyl halides is 3. The molecular weight excluding hydrogens is 386 g/mol. The highest BCUT2D eigenvalue weighted by Gasteiger charge is 2.72. The second kappa shape index (κ2) is 8.46. The Hall–Kier alpha value is -1.83. The van der Waals surface area contributed by atoms with Crippen LogP contribution in [0.1, 0.15) is 18.4 Å². The molecule has 1 atom stereocenters. The summed E-state index contributed by atoms with van der Waals surface area (Å²) in [4.78, 5) is 13.0. The number of carbonyl (C=O) groups is 1. The fourth-order valence-electron chi connectivity index (χ4n) is 3.00. The zero-order chi connectivity index (χ0) is 20.1. The van der Waals surface area contributed by atoms with Crippen LogP contribution >= 0.6 is 7.60 Å². The summed E-state index contributed by atoms with van der Waals surface area (Å²) >= 11 is 0. The van der Waals surface area contributed by atoms with E-state index in [4.69, 9.17) is 13.8 Å². The van der Waals surface area contributed by atoms with Crippen LogP contribution in [0.15, 0.2) is 42.5 Å². The molecule has 1 amide bonds. The summed E-state index contributed by atoms with van der Waals surface area (Å²) in [6.07, 6.45) is -4.18. The van der Waals surface area contributed by atoms with E-state index in [9.17, 15) is 22.5 Å². The van der Waals surface area contributed by atoms with Crippen molar-refractivity contribution < 1.29 is 36.3 Å². The van der Waals surface area contributed by atoms with Gasteiger partial charge in [0.2, 0.25) is 5.28 Å². The van der Waals surface area contributed by atoms with E-state index in [1.54, 1.807) is 30.3 Å². The lowest BCUT2D eigenvalue weighted by atomic mass is 10.1. The highest BCUT2D eigenvalue weighted by molar-refractivity contribution is 7.55. The molecular formula is C17H21F3NO5P. The Balaban J connectivity index is 2.42. The fourth-order valence-corrected chi connectivity index (χ4v) is 4.93. The van der Waals surface area contributed by atoms with Crippen LogP contribution in [-0.2, 0) is 25.0 Å². The molecule has 10 heteroatoms. The zero-order valence-electron chi connectivity index (χ0n) is 14.9. The fraction of sp³-hybridized carbons (Fsp3) is 0.471. The van der Waals surface area contributed by atoms with E-state index in [-0.39, 0.29) is 13.0 Å². The lowest BCUT2D eigenvalue weighted by Crippen LogP contribution is -2.60. The summed E-state index contributed by atoms with van der Waals surface area (Å²) in [5, 5.41) is -3.15. The second-order valence-corrected chi connectivity index (χ2v) is 8.30. The molecule has 1 aromatic rings. The number of nitrogens with zero attached hydrogens (tertiary/aromatic N) is 1. The minimum absolute atomic E-state index is 0.0569. The molecule has 1 aliphatic rings. The van der Waals surface area contributed by atoms with Gasteiger partial charge < -0.3 is 13.8 Å². The van der Waals surface area contributed by atoms with Gasteiger partial charge in [0.25, 0.3) is 0 Å². The second-order valence-electron chi connectivity index (χ2n) is 5.84. The smallest absolute Gasteiger partial charge is 0.423 e. The first-order chi connectivity index (χ1) is 12.7. The van der Waals surface area contributed by atoms with Crippen molar-refractivity contribution in [1.29, 1.82) is 0 Å². The van der Waals surface area contributed by atoms with E-state index >= 15 is 0 Å². The Bertz CT molecular complexity index is 717. The number of amides is 1. The van der Waals surface area contributed by atoms with Gasteiger partial charge in [-0.3, -0.25) is 9.46 Å². The van der Waals surface area contributed by atoms with Crippen LogP contribution in [0.4, 0.5) is 18.0 Å². The molecule has 1 heterocycles. The zero-order valence-corrected chi connectivity index (χ0v) is 15.8. The normalized spacial score (nSPS) is 21.0. The van der Waals surface area contributed by atoms with Crippen molar-refractivity contribution >= 4 is 13.7 Å². The predicted octanol–water partition coefficient (Wildman–Crippen LogP) is 4.72. The van der Waals surface area contributed by atoms with Crippen LogP contribution < -0.4 is 0 Å². The molecule has 0 bridgehead atoms. The number of hydrogen-bond acceptors (Lipinski definition) is 5. The lowest BCUT2D eigenvalue weighted by Gasteiger charge is -2.45. The van der Waals surface area contributed by atoms with Crippen LogP contribution in [0.5, 0.6) is 0 Å². The third-order valence-corrected chi connectivity index (χ3v) is 6.96. The van der Waals surface area contributed by atoms with Gasteiger partial charge in [-0.2, -0.15) is 13.2 Å². The average Bonchev–Trinajstić information content (AvgIpc) is 2.90. The number of benzene rings is 1. The van der Waals surface area contributed by atoms with Crippen LogP contribution in [0, 0.1) is 0 Å². The molecule has 0 radical (unpaired) electrons. The molecule has 0 saturated heterocycles. The number of ether oxygens (including phenoxy) is 1. The number of allylic oxidation sites excluding steroid dienone is 1. The minimum Gasteiger partial charge on any atom is -0.445 e. The molecule has 0 aliphatic carbocycles. The number of halogens is 3. The maximum Gasteiger partial charge on any atom is 0.423 e. The molecule has 27 heavy (non-hydrogen) atoms. The highest BCUT2D eigenvalue weighted by atomic mass is 31.2.